The first kappa shape index (κ1) is 14.4. The zero-order valence-corrected chi connectivity index (χ0v) is 11.6. The molecule has 0 fully saturated rings. The average Bonchev–Trinajstić information content (AvgIpc) is 2.44. The number of halogens is 1. The summed E-state index contributed by atoms with van der Waals surface area (Å²) in [6.07, 6.45) is 1.71. The number of carbonyl (C=O) groups is 1. The second-order valence-electron chi connectivity index (χ2n) is 4.38. The van der Waals surface area contributed by atoms with Gasteiger partial charge in [0.1, 0.15) is 11.3 Å². The quantitative estimate of drug-likeness (QED) is 0.816. The van der Waals surface area contributed by atoms with Crippen LogP contribution in [0.3, 0.4) is 0 Å². The molecule has 0 spiro atoms. The third kappa shape index (κ3) is 4.00. The lowest BCUT2D eigenvalue weighted by molar-refractivity contribution is 0.0692. The molecule has 2 aromatic carbocycles. The number of ether oxygens (including phenoxy) is 1. The number of aryl methyl sites for hydroxylation is 1. The SMILES string of the molecule is O=C(O)c1ccc(Cl)cc1OCCCc1ccccc1. The van der Waals surface area contributed by atoms with Gasteiger partial charge >= 0.3 is 5.97 Å². The van der Waals surface area contributed by atoms with E-state index in [9.17, 15) is 4.79 Å². The highest BCUT2D eigenvalue weighted by atomic mass is 35.5. The van der Waals surface area contributed by atoms with Gasteiger partial charge in [-0.25, -0.2) is 4.79 Å². The summed E-state index contributed by atoms with van der Waals surface area (Å²) in [7, 11) is 0. The van der Waals surface area contributed by atoms with Crippen molar-refractivity contribution in [2.24, 2.45) is 0 Å². The average molecular weight is 291 g/mol. The molecule has 0 unspecified atom stereocenters. The molecule has 104 valence electrons. The minimum atomic E-state index is -1.01. The van der Waals surface area contributed by atoms with Crippen LogP contribution in [0, 0.1) is 0 Å². The van der Waals surface area contributed by atoms with Gasteiger partial charge in [-0.1, -0.05) is 41.9 Å². The number of rotatable bonds is 6. The van der Waals surface area contributed by atoms with Gasteiger partial charge in [-0.2, -0.15) is 0 Å². The molecule has 0 atom stereocenters. The highest BCUT2D eigenvalue weighted by Gasteiger charge is 2.11. The normalized spacial score (nSPS) is 10.2. The molecule has 0 amide bonds. The van der Waals surface area contributed by atoms with Gasteiger partial charge in [-0.15, -0.1) is 0 Å². The van der Waals surface area contributed by atoms with E-state index in [1.54, 1.807) is 6.07 Å². The molecule has 0 aliphatic rings. The highest BCUT2D eigenvalue weighted by molar-refractivity contribution is 6.30. The Morgan fingerprint density at radius 3 is 2.60 bits per heavy atom. The first-order valence-corrected chi connectivity index (χ1v) is 6.74. The maximum absolute atomic E-state index is 11.1. The van der Waals surface area contributed by atoms with Crippen LogP contribution >= 0.6 is 11.6 Å². The molecular formula is C16H15ClO3. The van der Waals surface area contributed by atoms with Crippen molar-refractivity contribution >= 4 is 17.6 Å². The molecule has 20 heavy (non-hydrogen) atoms. The fourth-order valence-corrected chi connectivity index (χ4v) is 2.06. The number of aromatic carboxylic acids is 1. The van der Waals surface area contributed by atoms with Gasteiger partial charge in [0.2, 0.25) is 0 Å². The predicted molar refractivity (Wildman–Crippen MR) is 78.7 cm³/mol. The van der Waals surface area contributed by atoms with E-state index in [2.05, 4.69) is 12.1 Å². The van der Waals surface area contributed by atoms with Crippen molar-refractivity contribution in [2.45, 2.75) is 12.8 Å². The second-order valence-corrected chi connectivity index (χ2v) is 4.82. The van der Waals surface area contributed by atoms with E-state index in [4.69, 9.17) is 21.4 Å². The molecule has 0 heterocycles. The molecule has 0 aliphatic carbocycles. The standard InChI is InChI=1S/C16H15ClO3/c17-13-8-9-14(16(18)19)15(11-13)20-10-4-7-12-5-2-1-3-6-12/h1-3,5-6,8-9,11H,4,7,10H2,(H,18,19). The largest absolute Gasteiger partial charge is 0.493 e. The summed E-state index contributed by atoms with van der Waals surface area (Å²) in [4.78, 5) is 11.1. The molecule has 0 aromatic heterocycles. The van der Waals surface area contributed by atoms with Gasteiger partial charge in [0.25, 0.3) is 0 Å². The monoisotopic (exact) mass is 290 g/mol. The molecule has 2 rings (SSSR count). The van der Waals surface area contributed by atoms with Gasteiger partial charge in [0.05, 0.1) is 6.61 Å². The van der Waals surface area contributed by atoms with E-state index in [1.165, 1.54) is 17.7 Å². The lowest BCUT2D eigenvalue weighted by Crippen LogP contribution is -2.05. The Kier molecular flexibility index (Phi) is 5.02. The molecule has 0 aliphatic heterocycles. The third-order valence-corrected chi connectivity index (χ3v) is 3.12. The van der Waals surface area contributed by atoms with Crippen LogP contribution in [0.15, 0.2) is 48.5 Å². The van der Waals surface area contributed by atoms with Crippen LogP contribution in [0.25, 0.3) is 0 Å². The van der Waals surface area contributed by atoms with Crippen molar-refractivity contribution in [1.29, 1.82) is 0 Å². The molecule has 0 saturated carbocycles. The first-order valence-electron chi connectivity index (χ1n) is 6.36. The summed E-state index contributed by atoms with van der Waals surface area (Å²) >= 11 is 5.86. The van der Waals surface area contributed by atoms with E-state index in [-0.39, 0.29) is 5.56 Å². The Hall–Kier alpha value is -2.00. The zero-order chi connectivity index (χ0) is 14.4. The summed E-state index contributed by atoms with van der Waals surface area (Å²) in [6.45, 7) is 0.454. The van der Waals surface area contributed by atoms with Crippen molar-refractivity contribution in [3.05, 3.63) is 64.7 Å². The summed E-state index contributed by atoms with van der Waals surface area (Å²) in [6, 6.07) is 14.6. The maximum atomic E-state index is 11.1. The van der Waals surface area contributed by atoms with Crippen LogP contribution in [0.2, 0.25) is 5.02 Å². The minimum Gasteiger partial charge on any atom is -0.493 e. The molecule has 0 bridgehead atoms. The number of carboxylic acid groups (broad SMARTS) is 1. The third-order valence-electron chi connectivity index (χ3n) is 2.88. The Morgan fingerprint density at radius 2 is 1.90 bits per heavy atom. The number of hydrogen-bond acceptors (Lipinski definition) is 2. The van der Waals surface area contributed by atoms with Gasteiger partial charge in [-0.05, 0) is 36.6 Å². The molecule has 4 heteroatoms. The van der Waals surface area contributed by atoms with Crippen LogP contribution in [0.4, 0.5) is 0 Å². The Labute approximate surface area is 122 Å². The summed E-state index contributed by atoms with van der Waals surface area (Å²) < 4.78 is 5.54. The van der Waals surface area contributed by atoms with Crippen molar-refractivity contribution in [3.63, 3.8) is 0 Å². The lowest BCUT2D eigenvalue weighted by atomic mass is 10.1. The first-order chi connectivity index (χ1) is 9.66. The maximum Gasteiger partial charge on any atom is 0.339 e. The second kappa shape index (κ2) is 6.96. The van der Waals surface area contributed by atoms with Crippen LogP contribution in [-0.2, 0) is 6.42 Å². The van der Waals surface area contributed by atoms with E-state index in [0.717, 1.165) is 12.8 Å². The Morgan fingerprint density at radius 1 is 1.15 bits per heavy atom. The fraction of sp³-hybridized carbons (Fsp3) is 0.188. The molecule has 0 saturated heterocycles. The molecule has 0 radical (unpaired) electrons. The van der Waals surface area contributed by atoms with Crippen molar-refractivity contribution in [1.82, 2.24) is 0 Å². The molecule has 1 N–H and O–H groups in total. The van der Waals surface area contributed by atoms with E-state index >= 15 is 0 Å². The highest BCUT2D eigenvalue weighted by Crippen LogP contribution is 2.23. The van der Waals surface area contributed by atoms with Crippen LogP contribution in [-0.4, -0.2) is 17.7 Å². The number of hydrogen-bond donors (Lipinski definition) is 1. The molecule has 3 nitrogen and oxygen atoms in total. The summed E-state index contributed by atoms with van der Waals surface area (Å²) in [5.74, 6) is -0.696. The minimum absolute atomic E-state index is 0.133. The van der Waals surface area contributed by atoms with E-state index < -0.39 is 5.97 Å². The number of benzene rings is 2. The number of carboxylic acids is 1. The molecular weight excluding hydrogens is 276 g/mol. The van der Waals surface area contributed by atoms with Crippen LogP contribution in [0.5, 0.6) is 5.75 Å². The predicted octanol–water partition coefficient (Wildman–Crippen LogP) is 4.05. The van der Waals surface area contributed by atoms with Gasteiger partial charge < -0.3 is 9.84 Å². The smallest absolute Gasteiger partial charge is 0.339 e. The topological polar surface area (TPSA) is 46.5 Å². The van der Waals surface area contributed by atoms with Crippen molar-refractivity contribution in [2.75, 3.05) is 6.61 Å². The van der Waals surface area contributed by atoms with Crippen LogP contribution < -0.4 is 4.74 Å². The van der Waals surface area contributed by atoms with E-state index in [1.807, 2.05) is 18.2 Å². The molecule has 2 aromatic rings. The fourth-order valence-electron chi connectivity index (χ4n) is 1.90. The summed E-state index contributed by atoms with van der Waals surface area (Å²) in [5, 5.41) is 9.53. The Bertz CT molecular complexity index is 582. The van der Waals surface area contributed by atoms with Crippen molar-refractivity contribution < 1.29 is 14.6 Å². The van der Waals surface area contributed by atoms with Crippen LogP contribution in [0.1, 0.15) is 22.3 Å². The summed E-state index contributed by atoms with van der Waals surface area (Å²) in [5.41, 5.74) is 1.37. The van der Waals surface area contributed by atoms with Gasteiger partial charge in [0, 0.05) is 5.02 Å². The van der Waals surface area contributed by atoms with E-state index in [0.29, 0.717) is 17.4 Å². The lowest BCUT2D eigenvalue weighted by Gasteiger charge is -2.09. The zero-order valence-electron chi connectivity index (χ0n) is 10.9. The van der Waals surface area contributed by atoms with Gasteiger partial charge in [-0.3, -0.25) is 0 Å². The Balaban J connectivity index is 1.91. The van der Waals surface area contributed by atoms with Crippen molar-refractivity contribution in [3.8, 4) is 5.75 Å². The van der Waals surface area contributed by atoms with Gasteiger partial charge in [0.15, 0.2) is 0 Å².